The number of hydrogen-bond acceptors (Lipinski definition) is 3. The maximum absolute atomic E-state index is 5.50. The molecule has 0 aliphatic rings. The largest absolute Gasteiger partial charge is 0.368 e. The van der Waals surface area contributed by atoms with E-state index in [-0.39, 0.29) is 0 Å². The molecular formula is C12H11N3O. The molecule has 0 aliphatic carbocycles. The summed E-state index contributed by atoms with van der Waals surface area (Å²) in [4.78, 5) is 3.32. The summed E-state index contributed by atoms with van der Waals surface area (Å²) >= 11 is 0. The van der Waals surface area contributed by atoms with Gasteiger partial charge in [-0.3, -0.25) is 0 Å². The van der Waals surface area contributed by atoms with Crippen LogP contribution in [0.15, 0.2) is 34.9 Å². The summed E-state index contributed by atoms with van der Waals surface area (Å²) in [7, 11) is 0. The van der Waals surface area contributed by atoms with Crippen molar-refractivity contribution in [2.24, 2.45) is 0 Å². The maximum Gasteiger partial charge on any atom is 0.222 e. The Morgan fingerprint density at radius 1 is 1.31 bits per heavy atom. The minimum absolute atomic E-state index is 0.324. The van der Waals surface area contributed by atoms with E-state index in [9.17, 15) is 0 Å². The van der Waals surface area contributed by atoms with E-state index in [1.54, 1.807) is 6.07 Å². The van der Waals surface area contributed by atoms with Gasteiger partial charge in [0.25, 0.3) is 0 Å². The van der Waals surface area contributed by atoms with Crippen molar-refractivity contribution in [3.8, 4) is 11.4 Å². The Morgan fingerprint density at radius 2 is 2.19 bits per heavy atom. The summed E-state index contributed by atoms with van der Waals surface area (Å²) in [5.74, 6) is 0.324. The number of nitrogens with two attached hydrogens (primary N) is 1. The highest BCUT2D eigenvalue weighted by atomic mass is 16.5. The first-order chi connectivity index (χ1) is 7.74. The van der Waals surface area contributed by atoms with Crippen molar-refractivity contribution < 1.29 is 4.52 Å². The van der Waals surface area contributed by atoms with Crippen LogP contribution in [-0.4, -0.2) is 10.1 Å². The Bertz CT molecular complexity index is 651. The Hall–Kier alpha value is -2.23. The van der Waals surface area contributed by atoms with Gasteiger partial charge in [0.15, 0.2) is 0 Å². The lowest BCUT2D eigenvalue weighted by molar-refractivity contribution is 0.439. The van der Waals surface area contributed by atoms with Gasteiger partial charge >= 0.3 is 0 Å². The molecule has 2 aromatic heterocycles. The van der Waals surface area contributed by atoms with E-state index in [1.165, 1.54) is 5.56 Å². The number of para-hydroxylation sites is 1. The van der Waals surface area contributed by atoms with Gasteiger partial charge in [-0.15, -0.1) is 0 Å². The molecule has 2 heterocycles. The van der Waals surface area contributed by atoms with Gasteiger partial charge < -0.3 is 15.2 Å². The molecule has 4 heteroatoms. The number of anilines is 1. The van der Waals surface area contributed by atoms with E-state index >= 15 is 0 Å². The van der Waals surface area contributed by atoms with E-state index < -0.39 is 0 Å². The Kier molecular flexibility index (Phi) is 1.77. The van der Waals surface area contributed by atoms with Gasteiger partial charge in [-0.1, -0.05) is 23.4 Å². The van der Waals surface area contributed by atoms with Crippen LogP contribution in [-0.2, 0) is 0 Å². The molecule has 80 valence electrons. The van der Waals surface area contributed by atoms with Crippen LogP contribution in [0.3, 0.4) is 0 Å². The fourth-order valence-electron chi connectivity index (χ4n) is 1.86. The SMILES string of the molecule is Cc1cccc2cc(-c3cc(N)on3)[nH]c12. The molecule has 0 aliphatic heterocycles. The summed E-state index contributed by atoms with van der Waals surface area (Å²) in [5, 5.41) is 5.04. The zero-order valence-electron chi connectivity index (χ0n) is 8.82. The molecule has 3 N–H and O–H groups in total. The van der Waals surface area contributed by atoms with Crippen LogP contribution < -0.4 is 5.73 Å². The van der Waals surface area contributed by atoms with Gasteiger partial charge in [-0.25, -0.2) is 0 Å². The fraction of sp³-hybridized carbons (Fsp3) is 0.0833. The van der Waals surface area contributed by atoms with Crippen LogP contribution in [0.4, 0.5) is 5.88 Å². The molecule has 0 saturated heterocycles. The highest BCUT2D eigenvalue weighted by Gasteiger charge is 2.08. The summed E-state index contributed by atoms with van der Waals surface area (Å²) < 4.78 is 4.85. The number of hydrogen-bond donors (Lipinski definition) is 2. The number of aromatic amines is 1. The number of rotatable bonds is 1. The van der Waals surface area contributed by atoms with Gasteiger partial charge in [0, 0.05) is 17.0 Å². The van der Waals surface area contributed by atoms with E-state index in [0.29, 0.717) is 5.88 Å². The first-order valence-corrected chi connectivity index (χ1v) is 5.05. The first kappa shape index (κ1) is 9.03. The van der Waals surface area contributed by atoms with Crippen molar-refractivity contribution in [2.45, 2.75) is 6.92 Å². The molecule has 3 aromatic rings. The van der Waals surface area contributed by atoms with Crippen LogP contribution >= 0.6 is 0 Å². The first-order valence-electron chi connectivity index (χ1n) is 5.05. The van der Waals surface area contributed by atoms with Crippen LogP contribution in [0, 0.1) is 6.92 Å². The highest BCUT2D eigenvalue weighted by molar-refractivity contribution is 5.87. The monoisotopic (exact) mass is 213 g/mol. The third kappa shape index (κ3) is 1.27. The van der Waals surface area contributed by atoms with Gasteiger partial charge in [-0.05, 0) is 18.6 Å². The summed E-state index contributed by atoms with van der Waals surface area (Å²) in [6.45, 7) is 2.07. The number of nitrogens with zero attached hydrogens (tertiary/aromatic N) is 1. The van der Waals surface area contributed by atoms with Crippen molar-refractivity contribution >= 4 is 16.8 Å². The number of H-pyrrole nitrogens is 1. The lowest BCUT2D eigenvalue weighted by Crippen LogP contribution is -1.78. The fourth-order valence-corrected chi connectivity index (χ4v) is 1.86. The molecule has 0 fully saturated rings. The zero-order valence-corrected chi connectivity index (χ0v) is 8.82. The number of aromatic nitrogens is 2. The zero-order chi connectivity index (χ0) is 11.1. The molecule has 0 atom stereocenters. The second-order valence-electron chi connectivity index (χ2n) is 3.84. The topological polar surface area (TPSA) is 67.8 Å². The number of nitrogens with one attached hydrogen (secondary N) is 1. The van der Waals surface area contributed by atoms with Crippen molar-refractivity contribution in [2.75, 3.05) is 5.73 Å². The quantitative estimate of drug-likeness (QED) is 0.653. The third-order valence-corrected chi connectivity index (χ3v) is 2.67. The minimum Gasteiger partial charge on any atom is -0.368 e. The van der Waals surface area contributed by atoms with E-state index in [1.807, 2.05) is 12.1 Å². The average molecular weight is 213 g/mol. The maximum atomic E-state index is 5.50. The third-order valence-electron chi connectivity index (χ3n) is 2.67. The molecular weight excluding hydrogens is 202 g/mol. The Morgan fingerprint density at radius 3 is 2.88 bits per heavy atom. The van der Waals surface area contributed by atoms with Gasteiger partial charge in [0.2, 0.25) is 5.88 Å². The van der Waals surface area contributed by atoms with Crippen LogP contribution in [0.2, 0.25) is 0 Å². The van der Waals surface area contributed by atoms with E-state index in [4.69, 9.17) is 10.3 Å². The number of nitrogen functional groups attached to an aromatic ring is 1. The Balaban J connectivity index is 2.22. The average Bonchev–Trinajstić information content (AvgIpc) is 2.84. The Labute approximate surface area is 92.0 Å². The van der Waals surface area contributed by atoms with Gasteiger partial charge in [0.1, 0.15) is 5.69 Å². The molecule has 16 heavy (non-hydrogen) atoms. The molecule has 1 aromatic carbocycles. The minimum atomic E-state index is 0.324. The molecule has 0 unspecified atom stereocenters. The predicted molar refractivity (Wildman–Crippen MR) is 62.9 cm³/mol. The van der Waals surface area contributed by atoms with Crippen LogP contribution in [0.5, 0.6) is 0 Å². The van der Waals surface area contributed by atoms with Crippen molar-refractivity contribution in [3.05, 3.63) is 35.9 Å². The van der Waals surface area contributed by atoms with Crippen LogP contribution in [0.1, 0.15) is 5.56 Å². The van der Waals surface area contributed by atoms with Crippen molar-refractivity contribution in [1.82, 2.24) is 10.1 Å². The van der Waals surface area contributed by atoms with E-state index in [0.717, 1.165) is 22.3 Å². The molecule has 0 spiro atoms. The smallest absolute Gasteiger partial charge is 0.222 e. The molecule has 4 nitrogen and oxygen atoms in total. The molecule has 0 bridgehead atoms. The van der Waals surface area contributed by atoms with Crippen molar-refractivity contribution in [1.29, 1.82) is 0 Å². The van der Waals surface area contributed by atoms with E-state index in [2.05, 4.69) is 29.2 Å². The summed E-state index contributed by atoms with van der Waals surface area (Å²) in [5.41, 5.74) is 9.48. The lowest BCUT2D eigenvalue weighted by atomic mass is 10.2. The molecule has 0 amide bonds. The van der Waals surface area contributed by atoms with Gasteiger partial charge in [-0.2, -0.15) is 0 Å². The molecule has 0 radical (unpaired) electrons. The standard InChI is InChI=1S/C12H11N3O/c1-7-3-2-4-8-5-9(14-12(7)8)10-6-11(13)16-15-10/h2-6,14H,13H2,1H3. The second kappa shape index (κ2) is 3.13. The molecule has 0 saturated carbocycles. The second-order valence-corrected chi connectivity index (χ2v) is 3.84. The van der Waals surface area contributed by atoms with Gasteiger partial charge in [0.05, 0.1) is 5.69 Å². The summed E-state index contributed by atoms with van der Waals surface area (Å²) in [6.07, 6.45) is 0. The predicted octanol–water partition coefficient (Wildman–Crippen LogP) is 2.71. The number of fused-ring (bicyclic) bond motifs is 1. The normalized spacial score (nSPS) is 11.1. The summed E-state index contributed by atoms with van der Waals surface area (Å²) in [6, 6.07) is 9.91. The lowest BCUT2D eigenvalue weighted by Gasteiger charge is -1.93. The molecule has 3 rings (SSSR count). The number of benzene rings is 1. The van der Waals surface area contributed by atoms with Crippen LogP contribution in [0.25, 0.3) is 22.3 Å². The highest BCUT2D eigenvalue weighted by Crippen LogP contribution is 2.25. The number of aryl methyl sites for hydroxylation is 1. The van der Waals surface area contributed by atoms with Crippen molar-refractivity contribution in [3.63, 3.8) is 0 Å².